The molecule has 0 aliphatic rings. The second kappa shape index (κ2) is 11.5. The molecule has 4 rings (SSSR count). The summed E-state index contributed by atoms with van der Waals surface area (Å²) in [6.07, 6.45) is 0.497. The molecule has 1 heterocycles. The Kier molecular flexibility index (Phi) is 8.35. The van der Waals surface area contributed by atoms with Crippen LogP contribution in [0.3, 0.4) is 0 Å². The van der Waals surface area contributed by atoms with Crippen molar-refractivity contribution in [2.75, 3.05) is 5.32 Å². The Morgan fingerprint density at radius 1 is 0.972 bits per heavy atom. The number of carbonyl (C=O) groups is 1. The molecule has 1 unspecified atom stereocenters. The molecule has 1 N–H and O–H groups in total. The monoisotopic (exact) mass is 560 g/mol. The summed E-state index contributed by atoms with van der Waals surface area (Å²) in [6, 6.07) is 22.3. The van der Waals surface area contributed by atoms with E-state index in [0.717, 1.165) is 0 Å². The SMILES string of the molecule is CCC(Sc1nnc(CS(=O)(=O)c2ccccc2)n1-c1ccccc1)C(=O)Nc1ccc(Cl)c(Cl)c1. The van der Waals surface area contributed by atoms with Crippen molar-refractivity contribution in [3.05, 3.63) is 94.7 Å². The van der Waals surface area contributed by atoms with Crippen molar-refractivity contribution in [1.82, 2.24) is 14.8 Å². The first-order valence-electron chi connectivity index (χ1n) is 11.0. The first kappa shape index (κ1) is 26.2. The predicted octanol–water partition coefficient (Wildman–Crippen LogP) is 6.06. The molecular weight excluding hydrogens is 539 g/mol. The molecule has 0 aliphatic heterocycles. The van der Waals surface area contributed by atoms with Crippen LogP contribution in [0.4, 0.5) is 5.69 Å². The standard InChI is InChI=1S/C25H22Cl2N4O3S2/c1-2-22(24(32)28-17-13-14-20(26)21(27)15-17)35-25-30-29-23(31(25)18-9-5-3-6-10-18)16-36(33,34)19-11-7-4-8-12-19/h3-15,22H,2,16H2,1H3,(H,28,32). The van der Waals surface area contributed by atoms with Crippen LogP contribution in [0.2, 0.25) is 10.0 Å². The van der Waals surface area contributed by atoms with E-state index in [1.54, 1.807) is 53.1 Å². The van der Waals surface area contributed by atoms with Gasteiger partial charge in [-0.2, -0.15) is 0 Å². The molecule has 0 fully saturated rings. The number of carbonyl (C=O) groups excluding carboxylic acids is 1. The number of aromatic nitrogens is 3. The Bertz CT molecular complexity index is 1460. The van der Waals surface area contributed by atoms with E-state index in [1.807, 2.05) is 37.3 Å². The van der Waals surface area contributed by atoms with Crippen molar-refractivity contribution in [2.24, 2.45) is 0 Å². The van der Waals surface area contributed by atoms with Gasteiger partial charge in [-0.15, -0.1) is 10.2 Å². The summed E-state index contributed by atoms with van der Waals surface area (Å²) in [5.74, 6) is -0.333. The van der Waals surface area contributed by atoms with Gasteiger partial charge in [0, 0.05) is 11.4 Å². The lowest BCUT2D eigenvalue weighted by Gasteiger charge is -2.16. The first-order valence-corrected chi connectivity index (χ1v) is 14.3. The summed E-state index contributed by atoms with van der Waals surface area (Å²) < 4.78 is 27.8. The second-order valence-electron chi connectivity index (χ2n) is 7.77. The average molecular weight is 562 g/mol. The van der Waals surface area contributed by atoms with Gasteiger partial charge < -0.3 is 5.32 Å². The Labute approximate surface area is 223 Å². The van der Waals surface area contributed by atoms with Crippen LogP contribution in [-0.2, 0) is 20.4 Å². The summed E-state index contributed by atoms with van der Waals surface area (Å²) in [5, 5.41) is 11.9. The lowest BCUT2D eigenvalue weighted by atomic mass is 10.2. The lowest BCUT2D eigenvalue weighted by Crippen LogP contribution is -2.25. The molecule has 0 saturated heterocycles. The molecule has 11 heteroatoms. The van der Waals surface area contributed by atoms with Crippen LogP contribution in [0.5, 0.6) is 0 Å². The Morgan fingerprint density at radius 3 is 2.28 bits per heavy atom. The molecule has 1 aromatic heterocycles. The fraction of sp³-hybridized carbons (Fsp3) is 0.160. The van der Waals surface area contributed by atoms with E-state index in [0.29, 0.717) is 33.0 Å². The summed E-state index contributed by atoms with van der Waals surface area (Å²) in [6.45, 7) is 1.89. The fourth-order valence-electron chi connectivity index (χ4n) is 3.43. The van der Waals surface area contributed by atoms with Gasteiger partial charge in [0.15, 0.2) is 20.8 Å². The van der Waals surface area contributed by atoms with Crippen LogP contribution in [0, 0.1) is 0 Å². The highest BCUT2D eigenvalue weighted by Gasteiger charge is 2.26. The molecule has 0 aliphatic carbocycles. The molecule has 0 bridgehead atoms. The maximum Gasteiger partial charge on any atom is 0.237 e. The quantitative estimate of drug-likeness (QED) is 0.250. The molecule has 1 atom stereocenters. The number of anilines is 1. The van der Waals surface area contributed by atoms with Crippen LogP contribution in [0.1, 0.15) is 19.2 Å². The van der Waals surface area contributed by atoms with E-state index in [-0.39, 0.29) is 22.4 Å². The van der Waals surface area contributed by atoms with Gasteiger partial charge in [0.1, 0.15) is 5.75 Å². The van der Waals surface area contributed by atoms with Gasteiger partial charge in [0.2, 0.25) is 5.91 Å². The van der Waals surface area contributed by atoms with E-state index in [1.165, 1.54) is 11.8 Å². The minimum absolute atomic E-state index is 0.203. The number of thioether (sulfide) groups is 1. The number of sulfone groups is 1. The summed E-state index contributed by atoms with van der Waals surface area (Å²) in [7, 11) is -3.66. The van der Waals surface area contributed by atoms with Gasteiger partial charge in [-0.25, -0.2) is 8.42 Å². The molecule has 0 radical (unpaired) electrons. The van der Waals surface area contributed by atoms with E-state index in [2.05, 4.69) is 15.5 Å². The maximum atomic E-state index is 13.1. The first-order chi connectivity index (χ1) is 17.3. The fourth-order valence-corrected chi connectivity index (χ4v) is 5.99. The number of rotatable bonds is 9. The topological polar surface area (TPSA) is 93.9 Å². The van der Waals surface area contributed by atoms with Crippen molar-refractivity contribution in [3.63, 3.8) is 0 Å². The van der Waals surface area contributed by atoms with E-state index >= 15 is 0 Å². The smallest absolute Gasteiger partial charge is 0.237 e. The summed E-state index contributed by atoms with van der Waals surface area (Å²) in [5.41, 5.74) is 1.22. The normalized spacial score (nSPS) is 12.3. The average Bonchev–Trinajstić information content (AvgIpc) is 3.27. The third-order valence-corrected chi connectivity index (χ3v) is 8.91. The van der Waals surface area contributed by atoms with E-state index in [4.69, 9.17) is 23.2 Å². The highest BCUT2D eigenvalue weighted by Crippen LogP contribution is 2.30. The van der Waals surface area contributed by atoms with Crippen molar-refractivity contribution in [2.45, 2.75) is 34.4 Å². The van der Waals surface area contributed by atoms with Gasteiger partial charge in [0.05, 0.1) is 20.2 Å². The van der Waals surface area contributed by atoms with Gasteiger partial charge in [-0.05, 0) is 48.9 Å². The number of benzene rings is 3. The highest BCUT2D eigenvalue weighted by atomic mass is 35.5. The zero-order valence-corrected chi connectivity index (χ0v) is 22.3. The summed E-state index contributed by atoms with van der Waals surface area (Å²) >= 11 is 13.2. The molecule has 0 spiro atoms. The molecule has 4 aromatic rings. The van der Waals surface area contributed by atoms with Crippen molar-refractivity contribution >= 4 is 56.4 Å². The number of halogens is 2. The largest absolute Gasteiger partial charge is 0.325 e. The van der Waals surface area contributed by atoms with Crippen molar-refractivity contribution in [3.8, 4) is 5.69 Å². The molecule has 36 heavy (non-hydrogen) atoms. The van der Waals surface area contributed by atoms with Crippen LogP contribution < -0.4 is 5.32 Å². The number of nitrogens with zero attached hydrogens (tertiary/aromatic N) is 3. The highest BCUT2D eigenvalue weighted by molar-refractivity contribution is 8.00. The third-order valence-electron chi connectivity index (χ3n) is 5.23. The Hall–Kier alpha value is -2.85. The zero-order chi connectivity index (χ0) is 25.7. The Morgan fingerprint density at radius 2 is 1.64 bits per heavy atom. The van der Waals surface area contributed by atoms with Crippen molar-refractivity contribution in [1.29, 1.82) is 0 Å². The molecule has 1 amide bonds. The number of para-hydroxylation sites is 1. The lowest BCUT2D eigenvalue weighted by molar-refractivity contribution is -0.115. The number of amides is 1. The maximum absolute atomic E-state index is 13.1. The number of hydrogen-bond acceptors (Lipinski definition) is 6. The van der Waals surface area contributed by atoms with Crippen LogP contribution in [0.25, 0.3) is 5.69 Å². The molecule has 0 saturated carbocycles. The number of hydrogen-bond donors (Lipinski definition) is 1. The molecule has 186 valence electrons. The van der Waals surface area contributed by atoms with E-state index < -0.39 is 15.1 Å². The summed E-state index contributed by atoms with van der Waals surface area (Å²) in [4.78, 5) is 13.3. The van der Waals surface area contributed by atoms with Gasteiger partial charge in [-0.3, -0.25) is 9.36 Å². The minimum Gasteiger partial charge on any atom is -0.325 e. The third kappa shape index (κ3) is 6.10. The van der Waals surface area contributed by atoms with Crippen LogP contribution in [-0.4, -0.2) is 34.3 Å². The van der Waals surface area contributed by atoms with Gasteiger partial charge in [-0.1, -0.05) is 78.3 Å². The van der Waals surface area contributed by atoms with Gasteiger partial charge >= 0.3 is 0 Å². The van der Waals surface area contributed by atoms with Gasteiger partial charge in [0.25, 0.3) is 0 Å². The Balaban J connectivity index is 1.63. The molecule has 7 nitrogen and oxygen atoms in total. The van der Waals surface area contributed by atoms with Crippen LogP contribution >= 0.6 is 35.0 Å². The zero-order valence-electron chi connectivity index (χ0n) is 19.1. The predicted molar refractivity (Wildman–Crippen MR) is 144 cm³/mol. The molecule has 3 aromatic carbocycles. The van der Waals surface area contributed by atoms with Crippen molar-refractivity contribution < 1.29 is 13.2 Å². The molecular formula is C25H22Cl2N4O3S2. The second-order valence-corrected chi connectivity index (χ2v) is 11.7. The van der Waals surface area contributed by atoms with Crippen LogP contribution in [0.15, 0.2) is 88.9 Å². The minimum atomic E-state index is -3.66. The number of nitrogens with one attached hydrogen (secondary N) is 1. The van der Waals surface area contributed by atoms with E-state index in [9.17, 15) is 13.2 Å².